The fourth-order valence-corrected chi connectivity index (χ4v) is 3.14. The van der Waals surface area contributed by atoms with Crippen molar-refractivity contribution in [2.75, 3.05) is 0 Å². The summed E-state index contributed by atoms with van der Waals surface area (Å²) in [5.41, 5.74) is 0.492. The first-order valence-electron chi connectivity index (χ1n) is 7.33. The van der Waals surface area contributed by atoms with E-state index in [0.717, 1.165) is 16.6 Å². The van der Waals surface area contributed by atoms with E-state index in [1.165, 1.54) is 0 Å². The van der Waals surface area contributed by atoms with Gasteiger partial charge in [0, 0.05) is 10.7 Å². The van der Waals surface area contributed by atoms with Crippen LogP contribution in [0.25, 0.3) is 5.69 Å². The monoisotopic (exact) mass is 377 g/mol. The van der Waals surface area contributed by atoms with Crippen LogP contribution in [-0.4, -0.2) is 32.3 Å². The van der Waals surface area contributed by atoms with E-state index in [1.54, 1.807) is 16.9 Å². The molecular weight excluding hydrogens is 362 g/mol. The first-order valence-corrected chi connectivity index (χ1v) is 8.13. The highest BCUT2D eigenvalue weighted by Crippen LogP contribution is 2.35. The number of hydrogen-bond donors (Lipinski definition) is 2. The molecule has 3 rings (SSSR count). The Morgan fingerprint density at radius 2 is 2.13 bits per heavy atom. The smallest absolute Gasteiger partial charge is 0.305 e. The highest BCUT2D eigenvalue weighted by molar-refractivity contribution is 9.10. The van der Waals surface area contributed by atoms with E-state index in [9.17, 15) is 9.59 Å². The molecule has 23 heavy (non-hydrogen) atoms. The molecule has 1 aliphatic carbocycles. The molecule has 1 heterocycles. The number of amides is 1. The summed E-state index contributed by atoms with van der Waals surface area (Å²) in [5.74, 6) is -1.23. The molecule has 1 aromatic carbocycles. The first kappa shape index (κ1) is 15.7. The summed E-state index contributed by atoms with van der Waals surface area (Å²) in [6.07, 6.45) is 3.97. The van der Waals surface area contributed by atoms with Crippen molar-refractivity contribution in [3.8, 4) is 5.69 Å². The van der Waals surface area contributed by atoms with Gasteiger partial charge in [0.05, 0.1) is 17.6 Å². The predicted octanol–water partition coefficient (Wildman–Crippen LogP) is 2.76. The third kappa shape index (κ3) is 3.44. The molecule has 1 amide bonds. The zero-order chi connectivity index (χ0) is 16.4. The van der Waals surface area contributed by atoms with E-state index < -0.39 is 11.5 Å². The lowest BCUT2D eigenvalue weighted by molar-refractivity contribution is -0.139. The van der Waals surface area contributed by atoms with Gasteiger partial charge in [-0.3, -0.25) is 9.59 Å². The molecule has 0 radical (unpaired) electrons. The maximum atomic E-state index is 12.4. The number of carbonyl (C=O) groups is 2. The number of carboxylic acid groups (broad SMARTS) is 1. The molecule has 0 spiro atoms. The van der Waals surface area contributed by atoms with E-state index >= 15 is 0 Å². The fraction of sp³-hybridized carbons (Fsp3) is 0.312. The van der Waals surface area contributed by atoms with E-state index in [1.807, 2.05) is 24.3 Å². The number of halogens is 1. The molecule has 1 aromatic heterocycles. The van der Waals surface area contributed by atoms with Crippen LogP contribution >= 0.6 is 15.9 Å². The molecule has 0 unspecified atom stereocenters. The first-order chi connectivity index (χ1) is 11.0. The van der Waals surface area contributed by atoms with Gasteiger partial charge in [0.2, 0.25) is 0 Å². The molecule has 1 aliphatic rings. The van der Waals surface area contributed by atoms with Crippen molar-refractivity contribution >= 4 is 27.8 Å². The Balaban J connectivity index is 1.75. The number of hydrogen-bond acceptors (Lipinski definition) is 3. The van der Waals surface area contributed by atoms with Crippen LogP contribution in [0.15, 0.2) is 41.0 Å². The second-order valence-electron chi connectivity index (χ2n) is 5.78. The van der Waals surface area contributed by atoms with E-state index in [2.05, 4.69) is 26.3 Å². The molecule has 6 nitrogen and oxygen atoms in total. The standard InChI is InChI=1S/C16H16BrN3O3/c17-11-3-1-4-12(9-11)20-8-5-13(19-20)15(23)18-16(6-2-7-16)10-14(21)22/h1,3-5,8-9H,2,6-7,10H2,(H,18,23)(H,21,22). The molecule has 7 heteroatoms. The number of aliphatic carboxylic acids is 1. The van der Waals surface area contributed by atoms with Crippen LogP contribution in [0.3, 0.4) is 0 Å². The van der Waals surface area contributed by atoms with Crippen LogP contribution in [-0.2, 0) is 4.79 Å². The Hall–Kier alpha value is -2.15. The normalized spacial score (nSPS) is 15.7. The van der Waals surface area contributed by atoms with Crippen molar-refractivity contribution < 1.29 is 14.7 Å². The summed E-state index contributed by atoms with van der Waals surface area (Å²) in [5, 5.41) is 16.1. The lowest BCUT2D eigenvalue weighted by Gasteiger charge is -2.41. The van der Waals surface area contributed by atoms with Crippen LogP contribution < -0.4 is 5.32 Å². The molecule has 0 atom stereocenters. The number of rotatable bonds is 5. The van der Waals surface area contributed by atoms with Crippen LogP contribution in [0.5, 0.6) is 0 Å². The van der Waals surface area contributed by atoms with Gasteiger partial charge < -0.3 is 10.4 Å². The molecule has 0 aliphatic heterocycles. The average molecular weight is 378 g/mol. The van der Waals surface area contributed by atoms with E-state index in [4.69, 9.17) is 5.11 Å². The van der Waals surface area contributed by atoms with Gasteiger partial charge in [0.15, 0.2) is 5.69 Å². The van der Waals surface area contributed by atoms with Gasteiger partial charge in [-0.05, 0) is 43.5 Å². The SMILES string of the molecule is O=C(O)CC1(NC(=O)c2ccn(-c3cccc(Br)c3)n2)CCC1. The molecule has 0 saturated heterocycles. The highest BCUT2D eigenvalue weighted by atomic mass is 79.9. The van der Waals surface area contributed by atoms with Crippen LogP contribution in [0.1, 0.15) is 36.2 Å². The second-order valence-corrected chi connectivity index (χ2v) is 6.70. The third-order valence-corrected chi connectivity index (χ3v) is 4.57. The lowest BCUT2D eigenvalue weighted by Crippen LogP contribution is -2.54. The maximum Gasteiger partial charge on any atom is 0.305 e. The zero-order valence-electron chi connectivity index (χ0n) is 12.3. The van der Waals surface area contributed by atoms with Gasteiger partial charge in [-0.25, -0.2) is 4.68 Å². The zero-order valence-corrected chi connectivity index (χ0v) is 13.9. The van der Waals surface area contributed by atoms with Gasteiger partial charge in [-0.2, -0.15) is 5.10 Å². The molecule has 120 valence electrons. The molecule has 2 aromatic rings. The van der Waals surface area contributed by atoms with Crippen LogP contribution in [0.2, 0.25) is 0 Å². The van der Waals surface area contributed by atoms with Crippen LogP contribution in [0.4, 0.5) is 0 Å². The summed E-state index contributed by atoms with van der Waals surface area (Å²) in [4.78, 5) is 23.3. The minimum atomic E-state index is -0.898. The van der Waals surface area contributed by atoms with Gasteiger partial charge in [0.1, 0.15) is 0 Å². The minimum absolute atomic E-state index is 0.0505. The quantitative estimate of drug-likeness (QED) is 0.838. The van der Waals surface area contributed by atoms with Crippen molar-refractivity contribution in [3.63, 3.8) is 0 Å². The maximum absolute atomic E-state index is 12.4. The summed E-state index contributed by atoms with van der Waals surface area (Å²) in [7, 11) is 0. The van der Waals surface area contributed by atoms with Gasteiger partial charge >= 0.3 is 5.97 Å². The minimum Gasteiger partial charge on any atom is -0.481 e. The number of nitrogens with one attached hydrogen (secondary N) is 1. The highest BCUT2D eigenvalue weighted by Gasteiger charge is 2.40. The Bertz CT molecular complexity index is 753. The number of carboxylic acids is 1. The Labute approximate surface area is 141 Å². The number of carbonyl (C=O) groups excluding carboxylic acids is 1. The van der Waals surface area contributed by atoms with Crippen LogP contribution in [0, 0.1) is 0 Å². The fourth-order valence-electron chi connectivity index (χ4n) is 2.75. The van der Waals surface area contributed by atoms with Gasteiger partial charge in [-0.1, -0.05) is 22.0 Å². The van der Waals surface area contributed by atoms with Crippen molar-refractivity contribution in [3.05, 3.63) is 46.7 Å². The van der Waals surface area contributed by atoms with E-state index in [0.29, 0.717) is 12.8 Å². The molecular formula is C16H16BrN3O3. The Morgan fingerprint density at radius 1 is 1.35 bits per heavy atom. The average Bonchev–Trinajstić information content (AvgIpc) is 2.94. The largest absolute Gasteiger partial charge is 0.481 e. The topological polar surface area (TPSA) is 84.2 Å². The predicted molar refractivity (Wildman–Crippen MR) is 87.6 cm³/mol. The summed E-state index contributed by atoms with van der Waals surface area (Å²) < 4.78 is 2.54. The summed E-state index contributed by atoms with van der Waals surface area (Å²) in [6, 6.07) is 9.21. The molecule has 2 N–H and O–H groups in total. The Morgan fingerprint density at radius 3 is 2.74 bits per heavy atom. The second kappa shape index (κ2) is 6.16. The number of benzene rings is 1. The third-order valence-electron chi connectivity index (χ3n) is 4.07. The van der Waals surface area contributed by atoms with Crippen molar-refractivity contribution in [1.29, 1.82) is 0 Å². The van der Waals surface area contributed by atoms with E-state index in [-0.39, 0.29) is 18.0 Å². The summed E-state index contributed by atoms with van der Waals surface area (Å²) in [6.45, 7) is 0. The van der Waals surface area contributed by atoms with Crippen molar-refractivity contribution in [2.24, 2.45) is 0 Å². The molecule has 0 bridgehead atoms. The Kier molecular flexibility index (Phi) is 4.21. The molecule has 1 fully saturated rings. The molecule has 1 saturated carbocycles. The van der Waals surface area contributed by atoms with Crippen molar-refractivity contribution in [2.45, 2.75) is 31.2 Å². The van der Waals surface area contributed by atoms with Gasteiger partial charge in [0.25, 0.3) is 5.91 Å². The van der Waals surface area contributed by atoms with Crippen molar-refractivity contribution in [1.82, 2.24) is 15.1 Å². The lowest BCUT2D eigenvalue weighted by atomic mass is 9.74. The summed E-state index contributed by atoms with van der Waals surface area (Å²) >= 11 is 3.40. The number of aromatic nitrogens is 2. The van der Waals surface area contributed by atoms with Gasteiger partial charge in [-0.15, -0.1) is 0 Å². The number of nitrogens with zero attached hydrogens (tertiary/aromatic N) is 2.